The minimum atomic E-state index is 0. The topological polar surface area (TPSA) is 72.5 Å². The van der Waals surface area contributed by atoms with Crippen molar-refractivity contribution in [3.63, 3.8) is 0 Å². The van der Waals surface area contributed by atoms with E-state index < -0.39 is 0 Å². The van der Waals surface area contributed by atoms with Gasteiger partial charge in [-0.15, -0.1) is 35.3 Å². The Morgan fingerprint density at radius 3 is 2.78 bits per heavy atom. The van der Waals surface area contributed by atoms with Crippen molar-refractivity contribution in [2.75, 3.05) is 7.11 Å². The van der Waals surface area contributed by atoms with Crippen LogP contribution < -0.4 is 11.1 Å². The second kappa shape index (κ2) is 8.65. The Morgan fingerprint density at radius 1 is 1.56 bits per heavy atom. The van der Waals surface area contributed by atoms with Gasteiger partial charge in [-0.1, -0.05) is 0 Å². The lowest BCUT2D eigenvalue weighted by molar-refractivity contribution is 0.119. The first-order valence-electron chi connectivity index (χ1n) is 5.56. The first-order valence-corrected chi connectivity index (χ1v) is 6.44. The number of methoxy groups -OCH3 is 1. The third-order valence-corrected chi connectivity index (χ3v) is 3.17. The number of nitrogens with one attached hydrogen (secondary N) is 1. The van der Waals surface area contributed by atoms with Gasteiger partial charge in [-0.2, -0.15) is 0 Å². The molecule has 1 heterocycles. The summed E-state index contributed by atoms with van der Waals surface area (Å²) in [4.78, 5) is 8.65. The Morgan fingerprint density at radius 2 is 2.22 bits per heavy atom. The monoisotopic (exact) mass is 384 g/mol. The maximum Gasteiger partial charge on any atom is 0.189 e. The molecular weight excluding hydrogens is 363 g/mol. The van der Waals surface area contributed by atoms with Gasteiger partial charge in [0.25, 0.3) is 0 Å². The molecule has 0 bridgehead atoms. The summed E-state index contributed by atoms with van der Waals surface area (Å²) in [5.41, 5.74) is 6.62. The molecule has 5 nitrogen and oxygen atoms in total. The molecule has 0 amide bonds. The molecule has 0 aromatic carbocycles. The zero-order valence-electron chi connectivity index (χ0n) is 11.1. The minimum Gasteiger partial charge on any atom is -0.375 e. The van der Waals surface area contributed by atoms with Gasteiger partial charge in [0.1, 0.15) is 11.1 Å². The van der Waals surface area contributed by atoms with Crippen molar-refractivity contribution < 1.29 is 4.74 Å². The molecule has 18 heavy (non-hydrogen) atoms. The van der Waals surface area contributed by atoms with Gasteiger partial charge in [0.2, 0.25) is 0 Å². The minimum absolute atomic E-state index is 0. The van der Waals surface area contributed by atoms with Gasteiger partial charge in [0, 0.05) is 18.5 Å². The Kier molecular flexibility index (Phi) is 8.45. The molecule has 0 aliphatic heterocycles. The van der Waals surface area contributed by atoms with E-state index >= 15 is 0 Å². The fraction of sp³-hybridized carbons (Fsp3) is 0.636. The summed E-state index contributed by atoms with van der Waals surface area (Å²) in [6.07, 6.45) is 0.0314. The van der Waals surface area contributed by atoms with E-state index in [1.54, 1.807) is 18.4 Å². The number of halogens is 1. The van der Waals surface area contributed by atoms with E-state index in [0.29, 0.717) is 18.5 Å². The fourth-order valence-corrected chi connectivity index (χ4v) is 2.03. The molecular formula is C11H21IN4OS. The molecule has 1 unspecified atom stereocenters. The van der Waals surface area contributed by atoms with E-state index in [4.69, 9.17) is 10.5 Å². The summed E-state index contributed by atoms with van der Waals surface area (Å²) in [5.74, 6) is 0.453. The number of guanidine groups is 1. The van der Waals surface area contributed by atoms with E-state index in [1.807, 2.05) is 26.2 Å². The Balaban J connectivity index is 0.00000289. The van der Waals surface area contributed by atoms with Crippen LogP contribution in [0.15, 0.2) is 10.4 Å². The highest BCUT2D eigenvalue weighted by Gasteiger charge is 2.08. The third-order valence-electron chi connectivity index (χ3n) is 2.12. The van der Waals surface area contributed by atoms with Crippen molar-refractivity contribution in [3.05, 3.63) is 16.1 Å². The SMILES string of the molecule is COC(C)c1nc(CN=C(N)NC(C)C)cs1.I. The van der Waals surface area contributed by atoms with Crippen LogP contribution >= 0.6 is 35.3 Å². The lowest BCUT2D eigenvalue weighted by Gasteiger charge is -2.07. The predicted octanol–water partition coefficient (Wildman–Crippen LogP) is 2.28. The van der Waals surface area contributed by atoms with E-state index in [-0.39, 0.29) is 30.1 Å². The van der Waals surface area contributed by atoms with Gasteiger partial charge < -0.3 is 15.8 Å². The molecule has 104 valence electrons. The van der Waals surface area contributed by atoms with Crippen molar-refractivity contribution >= 4 is 41.3 Å². The van der Waals surface area contributed by atoms with Crippen molar-refractivity contribution in [1.82, 2.24) is 10.3 Å². The number of ether oxygens (including phenoxy) is 1. The first kappa shape index (κ1) is 17.6. The van der Waals surface area contributed by atoms with Gasteiger partial charge in [0.15, 0.2) is 5.96 Å². The zero-order valence-corrected chi connectivity index (χ0v) is 14.3. The standard InChI is InChI=1S/C11H20N4OS.HI/c1-7(2)14-11(12)13-5-9-6-17-10(15-9)8(3)16-4;/h6-8H,5H2,1-4H3,(H3,12,13,14);1H. The van der Waals surface area contributed by atoms with Gasteiger partial charge in [0.05, 0.1) is 12.2 Å². The van der Waals surface area contributed by atoms with Crippen molar-refractivity contribution in [2.24, 2.45) is 10.7 Å². The molecule has 0 radical (unpaired) electrons. The summed E-state index contributed by atoms with van der Waals surface area (Å²) in [6, 6.07) is 0.290. The second-order valence-corrected chi connectivity index (χ2v) is 4.95. The van der Waals surface area contributed by atoms with Gasteiger partial charge >= 0.3 is 0 Å². The van der Waals surface area contributed by atoms with Crippen molar-refractivity contribution in [3.8, 4) is 0 Å². The maximum absolute atomic E-state index is 5.71. The number of aliphatic imine (C=N–C) groups is 1. The van der Waals surface area contributed by atoms with Crippen LogP contribution in [-0.2, 0) is 11.3 Å². The number of rotatable bonds is 5. The molecule has 0 saturated carbocycles. The molecule has 1 aromatic heterocycles. The molecule has 3 N–H and O–H groups in total. The molecule has 1 atom stereocenters. The van der Waals surface area contributed by atoms with Crippen LogP contribution in [0.4, 0.5) is 0 Å². The van der Waals surface area contributed by atoms with Gasteiger partial charge in [-0.25, -0.2) is 9.98 Å². The van der Waals surface area contributed by atoms with Gasteiger partial charge in [-0.3, -0.25) is 0 Å². The quantitative estimate of drug-likeness (QED) is 0.464. The summed E-state index contributed by atoms with van der Waals surface area (Å²) in [7, 11) is 1.68. The molecule has 0 fully saturated rings. The summed E-state index contributed by atoms with van der Waals surface area (Å²) in [5, 5.41) is 5.98. The highest BCUT2D eigenvalue weighted by Crippen LogP contribution is 2.20. The van der Waals surface area contributed by atoms with Crippen LogP contribution in [0.1, 0.15) is 37.6 Å². The van der Waals surface area contributed by atoms with Crippen LogP contribution in [-0.4, -0.2) is 24.1 Å². The smallest absolute Gasteiger partial charge is 0.189 e. The Labute approximate surface area is 129 Å². The zero-order chi connectivity index (χ0) is 12.8. The van der Waals surface area contributed by atoms with E-state index in [0.717, 1.165) is 10.7 Å². The number of nitrogens with two attached hydrogens (primary N) is 1. The van der Waals surface area contributed by atoms with E-state index in [1.165, 1.54) is 0 Å². The highest BCUT2D eigenvalue weighted by molar-refractivity contribution is 14.0. The van der Waals surface area contributed by atoms with Crippen molar-refractivity contribution in [1.29, 1.82) is 0 Å². The van der Waals surface area contributed by atoms with Crippen LogP contribution in [0.2, 0.25) is 0 Å². The summed E-state index contributed by atoms with van der Waals surface area (Å²) < 4.78 is 5.20. The van der Waals surface area contributed by atoms with Crippen LogP contribution in [0, 0.1) is 0 Å². The largest absolute Gasteiger partial charge is 0.375 e. The Hall–Kier alpha value is -0.410. The number of thiazole rings is 1. The molecule has 0 aliphatic carbocycles. The van der Waals surface area contributed by atoms with Crippen LogP contribution in [0.3, 0.4) is 0 Å². The normalized spacial score (nSPS) is 13.3. The highest BCUT2D eigenvalue weighted by atomic mass is 127. The molecule has 1 aromatic rings. The van der Waals surface area contributed by atoms with E-state index in [2.05, 4.69) is 15.3 Å². The molecule has 0 spiro atoms. The lowest BCUT2D eigenvalue weighted by atomic mass is 10.4. The average Bonchev–Trinajstić information content (AvgIpc) is 2.73. The van der Waals surface area contributed by atoms with Crippen LogP contribution in [0.25, 0.3) is 0 Å². The third kappa shape index (κ3) is 5.96. The molecule has 0 saturated heterocycles. The fourth-order valence-electron chi connectivity index (χ4n) is 1.19. The number of nitrogens with zero attached hydrogens (tertiary/aromatic N) is 2. The Bertz CT molecular complexity index is 381. The van der Waals surface area contributed by atoms with Crippen LogP contribution in [0.5, 0.6) is 0 Å². The molecule has 1 rings (SSSR count). The summed E-state index contributed by atoms with van der Waals surface area (Å²) >= 11 is 1.58. The average molecular weight is 384 g/mol. The predicted molar refractivity (Wildman–Crippen MR) is 86.6 cm³/mol. The number of hydrogen-bond acceptors (Lipinski definition) is 4. The van der Waals surface area contributed by atoms with E-state index in [9.17, 15) is 0 Å². The number of aromatic nitrogens is 1. The second-order valence-electron chi connectivity index (χ2n) is 4.06. The summed E-state index contributed by atoms with van der Waals surface area (Å²) in [6.45, 7) is 6.51. The lowest BCUT2D eigenvalue weighted by Crippen LogP contribution is -2.36. The van der Waals surface area contributed by atoms with Gasteiger partial charge in [-0.05, 0) is 20.8 Å². The first-order chi connectivity index (χ1) is 8.02. The molecule has 0 aliphatic rings. The maximum atomic E-state index is 5.71. The number of hydrogen-bond donors (Lipinski definition) is 2. The molecule has 7 heteroatoms. The van der Waals surface area contributed by atoms with Crippen molar-refractivity contribution in [2.45, 2.75) is 39.5 Å².